The predicted octanol–water partition coefficient (Wildman–Crippen LogP) is 13.3. The number of hydrogen-bond donors (Lipinski definition) is 0. The molecule has 0 atom stereocenters. The van der Waals surface area contributed by atoms with E-state index in [-0.39, 0.29) is 0 Å². The lowest BCUT2D eigenvalue weighted by atomic mass is 9.93. The number of para-hydroxylation sites is 3. The van der Waals surface area contributed by atoms with Gasteiger partial charge in [0.1, 0.15) is 11.2 Å². The number of furan rings is 1. The van der Waals surface area contributed by atoms with Crippen LogP contribution in [0.3, 0.4) is 0 Å². The van der Waals surface area contributed by atoms with Crippen LogP contribution in [-0.4, -0.2) is 14.5 Å². The van der Waals surface area contributed by atoms with E-state index in [0.29, 0.717) is 5.95 Å². The van der Waals surface area contributed by atoms with Crippen LogP contribution in [0.5, 0.6) is 0 Å². The second-order valence-electron chi connectivity index (χ2n) is 12.9. The van der Waals surface area contributed by atoms with Crippen LogP contribution in [0.25, 0.3) is 105 Å². The van der Waals surface area contributed by atoms with Crippen molar-refractivity contribution in [2.75, 3.05) is 0 Å². The number of nitrogens with zero attached hydrogens (tertiary/aromatic N) is 3. The molecule has 0 spiro atoms. The Morgan fingerprint density at radius 2 is 1.15 bits per heavy atom. The topological polar surface area (TPSA) is 43.9 Å². The van der Waals surface area contributed by atoms with Gasteiger partial charge >= 0.3 is 0 Å². The van der Waals surface area contributed by atoms with Crippen LogP contribution in [0.15, 0.2) is 168 Å². The fraction of sp³-hybridized carbons (Fsp3) is 0.0417. The minimum atomic E-state index is 0.632. The molecule has 0 saturated heterocycles. The molecule has 0 aliphatic carbocycles. The van der Waals surface area contributed by atoms with Crippen molar-refractivity contribution >= 4 is 76.2 Å². The summed E-state index contributed by atoms with van der Waals surface area (Å²) in [7, 11) is 0. The Balaban J connectivity index is 0.00000166. The number of hydrogen-bond acceptors (Lipinski definition) is 3. The average Bonchev–Trinajstić information content (AvgIpc) is 3.76. The van der Waals surface area contributed by atoms with Crippen LogP contribution < -0.4 is 0 Å². The summed E-state index contributed by atoms with van der Waals surface area (Å²) in [5.41, 5.74) is 8.88. The Labute approximate surface area is 300 Å². The molecule has 246 valence electrons. The number of fused-ring (bicyclic) bond motifs is 10. The molecule has 0 fully saturated rings. The van der Waals surface area contributed by atoms with Gasteiger partial charge in [-0.05, 0) is 40.4 Å². The Kier molecular flexibility index (Phi) is 6.90. The first kappa shape index (κ1) is 30.1. The Morgan fingerprint density at radius 3 is 2.00 bits per heavy atom. The highest BCUT2D eigenvalue weighted by molar-refractivity contribution is 6.23. The van der Waals surface area contributed by atoms with Gasteiger partial charge in [-0.3, -0.25) is 4.57 Å². The van der Waals surface area contributed by atoms with Crippen LogP contribution in [0.1, 0.15) is 13.8 Å². The number of benzene rings is 8. The molecule has 0 amide bonds. The highest BCUT2D eigenvalue weighted by Gasteiger charge is 2.24. The summed E-state index contributed by atoms with van der Waals surface area (Å²) in [5, 5.41) is 10.1. The van der Waals surface area contributed by atoms with Gasteiger partial charge < -0.3 is 4.42 Å². The fourth-order valence-corrected chi connectivity index (χ4v) is 7.99. The van der Waals surface area contributed by atoms with Crippen molar-refractivity contribution in [3.05, 3.63) is 164 Å². The molecule has 3 aromatic heterocycles. The van der Waals surface area contributed by atoms with Gasteiger partial charge in [0.15, 0.2) is 0 Å². The summed E-state index contributed by atoms with van der Waals surface area (Å²) < 4.78 is 9.02. The van der Waals surface area contributed by atoms with Gasteiger partial charge in [0.25, 0.3) is 0 Å². The normalized spacial score (nSPS) is 11.7. The van der Waals surface area contributed by atoms with E-state index in [9.17, 15) is 0 Å². The van der Waals surface area contributed by atoms with E-state index in [1.54, 1.807) is 0 Å². The van der Waals surface area contributed by atoms with Crippen LogP contribution in [0.4, 0.5) is 0 Å². The molecule has 0 unspecified atom stereocenters. The van der Waals surface area contributed by atoms with Gasteiger partial charge in [-0.25, -0.2) is 9.97 Å². The number of aromatic nitrogens is 3. The smallest absolute Gasteiger partial charge is 0.235 e. The third kappa shape index (κ3) is 4.41. The zero-order chi connectivity index (χ0) is 34.8. The molecule has 0 saturated carbocycles. The SMILES string of the molecule is CC.c1ccc(-c2nc(-n3c4ccccc4c4cccc(-c5c6ccccc6cc6c5oc5ccccc56)c43)nc3c2ccc2ccccc23)cc1. The summed E-state index contributed by atoms with van der Waals surface area (Å²) in [4.78, 5) is 10.9. The maximum atomic E-state index is 6.76. The van der Waals surface area contributed by atoms with Gasteiger partial charge in [-0.1, -0.05) is 153 Å². The molecular formula is C48H33N3O. The first-order chi connectivity index (χ1) is 25.8. The minimum Gasteiger partial charge on any atom is -0.455 e. The molecule has 11 aromatic rings. The highest BCUT2D eigenvalue weighted by Crippen LogP contribution is 2.45. The summed E-state index contributed by atoms with van der Waals surface area (Å²) >= 11 is 0. The lowest BCUT2D eigenvalue weighted by molar-refractivity contribution is 0.670. The largest absolute Gasteiger partial charge is 0.455 e. The van der Waals surface area contributed by atoms with E-state index in [1.165, 1.54) is 5.39 Å². The first-order valence-corrected chi connectivity index (χ1v) is 17.9. The molecule has 0 bridgehead atoms. The zero-order valence-corrected chi connectivity index (χ0v) is 28.8. The van der Waals surface area contributed by atoms with Crippen molar-refractivity contribution < 1.29 is 4.42 Å². The molecule has 0 aliphatic heterocycles. The van der Waals surface area contributed by atoms with Crippen molar-refractivity contribution in [3.63, 3.8) is 0 Å². The fourth-order valence-electron chi connectivity index (χ4n) is 7.99. The molecule has 4 heteroatoms. The molecular weight excluding hydrogens is 635 g/mol. The lowest BCUT2D eigenvalue weighted by Gasteiger charge is -2.15. The van der Waals surface area contributed by atoms with Crippen molar-refractivity contribution in [2.45, 2.75) is 13.8 Å². The predicted molar refractivity (Wildman–Crippen MR) is 218 cm³/mol. The maximum absolute atomic E-state index is 6.76. The summed E-state index contributed by atoms with van der Waals surface area (Å²) in [6.07, 6.45) is 0. The van der Waals surface area contributed by atoms with Crippen LogP contribution in [0, 0.1) is 0 Å². The first-order valence-electron chi connectivity index (χ1n) is 17.9. The van der Waals surface area contributed by atoms with E-state index in [2.05, 4.69) is 156 Å². The van der Waals surface area contributed by atoms with Crippen molar-refractivity contribution in [1.82, 2.24) is 14.5 Å². The second-order valence-corrected chi connectivity index (χ2v) is 12.9. The van der Waals surface area contributed by atoms with E-state index < -0.39 is 0 Å². The lowest BCUT2D eigenvalue weighted by Crippen LogP contribution is -2.04. The van der Waals surface area contributed by atoms with E-state index in [1.807, 2.05) is 26.0 Å². The quantitative estimate of drug-likeness (QED) is 0.176. The molecule has 8 aromatic carbocycles. The molecule has 52 heavy (non-hydrogen) atoms. The summed E-state index contributed by atoms with van der Waals surface area (Å²) in [6, 6.07) is 57.6. The van der Waals surface area contributed by atoms with E-state index in [4.69, 9.17) is 14.4 Å². The van der Waals surface area contributed by atoms with E-state index in [0.717, 1.165) is 93.2 Å². The number of rotatable bonds is 3. The standard InChI is InChI=1S/C46H27N3O.C2H6/c1-2-14-29(15-3-1)42-37-26-25-28-13-4-7-18-32(28)43(37)48-46(47-42)49-39-23-10-8-19-33(39)35-21-12-22-36(44(35)49)41-31-17-6-5-16-30(31)27-38-34-20-9-11-24-40(34)50-45(38)41;1-2/h1-27H;1-2H3. The van der Waals surface area contributed by atoms with Crippen LogP contribution in [0.2, 0.25) is 0 Å². The summed E-state index contributed by atoms with van der Waals surface area (Å²) in [6.45, 7) is 4.00. The second kappa shape index (κ2) is 11.9. The van der Waals surface area contributed by atoms with Gasteiger partial charge in [0.05, 0.1) is 22.2 Å². The Bertz CT molecular complexity index is 3150. The summed E-state index contributed by atoms with van der Waals surface area (Å²) in [5.74, 6) is 0.632. The van der Waals surface area contributed by atoms with Crippen molar-refractivity contribution in [3.8, 4) is 28.3 Å². The van der Waals surface area contributed by atoms with Gasteiger partial charge in [0.2, 0.25) is 5.95 Å². The van der Waals surface area contributed by atoms with E-state index >= 15 is 0 Å². The Morgan fingerprint density at radius 1 is 0.481 bits per heavy atom. The molecule has 11 rings (SSSR count). The van der Waals surface area contributed by atoms with Crippen LogP contribution >= 0.6 is 0 Å². The minimum absolute atomic E-state index is 0.632. The molecule has 0 N–H and O–H groups in total. The molecule has 4 nitrogen and oxygen atoms in total. The van der Waals surface area contributed by atoms with Crippen molar-refractivity contribution in [1.29, 1.82) is 0 Å². The van der Waals surface area contributed by atoms with Crippen molar-refractivity contribution in [2.24, 2.45) is 0 Å². The van der Waals surface area contributed by atoms with Gasteiger partial charge in [-0.2, -0.15) is 0 Å². The van der Waals surface area contributed by atoms with Gasteiger partial charge in [0, 0.05) is 49.0 Å². The zero-order valence-electron chi connectivity index (χ0n) is 28.8. The third-order valence-electron chi connectivity index (χ3n) is 10.2. The Hall–Kier alpha value is -6.78. The third-order valence-corrected chi connectivity index (χ3v) is 10.2. The average molecular weight is 668 g/mol. The molecule has 0 aliphatic rings. The molecule has 0 radical (unpaired) electrons. The van der Waals surface area contributed by atoms with Gasteiger partial charge in [-0.15, -0.1) is 0 Å². The monoisotopic (exact) mass is 667 g/mol. The van der Waals surface area contributed by atoms with Crippen LogP contribution in [-0.2, 0) is 0 Å². The molecule has 3 heterocycles. The highest BCUT2D eigenvalue weighted by atomic mass is 16.3. The maximum Gasteiger partial charge on any atom is 0.235 e.